The Morgan fingerprint density at radius 2 is 0.903 bits per heavy atom. The molecule has 0 aliphatic carbocycles. The molecule has 0 fully saturated rings. The zero-order valence-electron chi connectivity index (χ0n) is 39.3. The molecule has 0 heterocycles. The molecule has 0 rings (SSSR count). The third-order valence-electron chi connectivity index (χ3n) is 9.67. The molecule has 0 aliphatic heterocycles. The van der Waals surface area contributed by atoms with Gasteiger partial charge in [0.2, 0.25) is 0 Å². The highest BCUT2D eigenvalue weighted by molar-refractivity contribution is 7.47. The van der Waals surface area contributed by atoms with Crippen LogP contribution in [0.25, 0.3) is 0 Å². The second-order valence-corrected chi connectivity index (χ2v) is 17.0. The van der Waals surface area contributed by atoms with Crippen molar-refractivity contribution in [1.82, 2.24) is 0 Å². The second kappa shape index (κ2) is 49.2. The molecule has 2 atom stereocenters. The molecule has 0 saturated heterocycles. The first-order chi connectivity index (χ1) is 30.4. The van der Waals surface area contributed by atoms with Crippen LogP contribution < -0.4 is 5.73 Å². The van der Waals surface area contributed by atoms with E-state index in [0.29, 0.717) is 13.0 Å². The van der Waals surface area contributed by atoms with Crippen LogP contribution >= 0.6 is 7.82 Å². The molecular formula is C53H90NO7P. The third-order valence-corrected chi connectivity index (χ3v) is 10.7. The molecule has 2 unspecified atom stereocenters. The number of unbranched alkanes of at least 4 members (excludes halogenated alkanes) is 14. The maximum absolute atomic E-state index is 12.6. The van der Waals surface area contributed by atoms with E-state index in [1.54, 1.807) is 0 Å². The fourth-order valence-corrected chi connectivity index (χ4v) is 6.89. The summed E-state index contributed by atoms with van der Waals surface area (Å²) in [5, 5.41) is 0. The number of carbonyl (C=O) groups excluding carboxylic acids is 1. The number of ether oxygens (including phenoxy) is 2. The normalized spacial score (nSPS) is 14.3. The molecule has 0 amide bonds. The van der Waals surface area contributed by atoms with Gasteiger partial charge in [-0.1, -0.05) is 181 Å². The Balaban J connectivity index is 4.11. The van der Waals surface area contributed by atoms with Gasteiger partial charge in [-0.2, -0.15) is 0 Å². The molecule has 3 N–H and O–H groups in total. The Bertz CT molecular complexity index is 1310. The van der Waals surface area contributed by atoms with Gasteiger partial charge in [0, 0.05) is 19.6 Å². The Kier molecular flexibility index (Phi) is 46.9. The number of carbonyl (C=O) groups is 1. The van der Waals surface area contributed by atoms with Crippen LogP contribution in [0.15, 0.2) is 109 Å². The Hall–Kier alpha value is -2.84. The number of allylic oxidation sites excluding steroid dienone is 18. The molecule has 62 heavy (non-hydrogen) atoms. The molecule has 0 bridgehead atoms. The summed E-state index contributed by atoms with van der Waals surface area (Å²) in [5.74, 6) is -0.355. The lowest BCUT2D eigenvalue weighted by atomic mass is 10.1. The number of esters is 1. The van der Waals surface area contributed by atoms with Gasteiger partial charge in [0.1, 0.15) is 6.10 Å². The second-order valence-electron chi connectivity index (χ2n) is 15.6. The Labute approximate surface area is 380 Å². The first-order valence-electron chi connectivity index (χ1n) is 24.4. The van der Waals surface area contributed by atoms with Gasteiger partial charge in [-0.15, -0.1) is 0 Å². The molecule has 9 heteroatoms. The van der Waals surface area contributed by atoms with Crippen molar-refractivity contribution in [2.24, 2.45) is 5.73 Å². The van der Waals surface area contributed by atoms with Crippen LogP contribution in [0, 0.1) is 0 Å². The number of phosphoric ester groups is 1. The van der Waals surface area contributed by atoms with Crippen molar-refractivity contribution >= 4 is 13.8 Å². The predicted molar refractivity (Wildman–Crippen MR) is 265 cm³/mol. The number of phosphoric acid groups is 1. The lowest BCUT2D eigenvalue weighted by Gasteiger charge is -2.20. The van der Waals surface area contributed by atoms with Gasteiger partial charge in [-0.3, -0.25) is 13.8 Å². The summed E-state index contributed by atoms with van der Waals surface area (Å²) in [5.41, 5.74) is 5.38. The van der Waals surface area contributed by atoms with Crippen molar-refractivity contribution < 1.29 is 32.8 Å². The van der Waals surface area contributed by atoms with Gasteiger partial charge < -0.3 is 20.1 Å². The summed E-state index contributed by atoms with van der Waals surface area (Å²) in [6.45, 7) is 4.64. The van der Waals surface area contributed by atoms with E-state index in [2.05, 4.69) is 123 Å². The SMILES string of the molecule is CC/C=C\C/C=C\C/C=C\C/C=C\C/C=C\C/C=C\C/C=C\CCCCOCC(COP(=O)(O)OCCN)OC(=O)CCCCCCCCCCC/C=C\C/C=C\CCCCC. The first kappa shape index (κ1) is 59.2. The lowest BCUT2D eigenvalue weighted by Crippen LogP contribution is -2.28. The van der Waals surface area contributed by atoms with Crippen molar-refractivity contribution in [2.75, 3.05) is 33.0 Å². The van der Waals surface area contributed by atoms with E-state index in [4.69, 9.17) is 24.3 Å². The van der Waals surface area contributed by atoms with Crippen molar-refractivity contribution in [1.29, 1.82) is 0 Å². The Morgan fingerprint density at radius 3 is 1.35 bits per heavy atom. The average molecular weight is 884 g/mol. The standard InChI is InChI=1S/C53H90NO7P/c1-3-5-7-9-11-13-15-17-19-21-23-24-25-26-27-29-31-33-35-37-39-41-43-45-48-58-50-52(51-60-62(56,57)59-49-47-54)61-53(55)46-44-42-40-38-36-34-32-30-28-22-20-18-16-14-12-10-8-6-4-2/h5,7,11-14,17-20,23-24,26-27,31,33,37,39,52H,3-4,6,8-10,15-16,21-22,25,28-30,32,34-36,38,40-51,54H2,1-2H3,(H,56,57)/b7-5-,13-11-,14-12-,19-17-,20-18-,24-23-,27-26-,33-31-,39-37-. The monoisotopic (exact) mass is 884 g/mol. The molecule has 0 spiro atoms. The van der Waals surface area contributed by atoms with Gasteiger partial charge in [0.25, 0.3) is 0 Å². The molecule has 354 valence electrons. The predicted octanol–water partition coefficient (Wildman–Crippen LogP) is 15.2. The van der Waals surface area contributed by atoms with Crippen molar-refractivity contribution in [3.63, 3.8) is 0 Å². The minimum Gasteiger partial charge on any atom is -0.457 e. The van der Waals surface area contributed by atoms with Crippen LogP contribution in [-0.4, -0.2) is 49.9 Å². The van der Waals surface area contributed by atoms with Crippen molar-refractivity contribution in [3.05, 3.63) is 109 Å². The summed E-state index contributed by atoms with van der Waals surface area (Å²) in [7, 11) is -4.30. The van der Waals surface area contributed by atoms with Gasteiger partial charge in [-0.25, -0.2) is 4.57 Å². The van der Waals surface area contributed by atoms with E-state index >= 15 is 0 Å². The van der Waals surface area contributed by atoms with Crippen LogP contribution in [0.3, 0.4) is 0 Å². The minimum absolute atomic E-state index is 0.0774. The van der Waals surface area contributed by atoms with Gasteiger partial charge in [-0.05, 0) is 103 Å². The highest BCUT2D eigenvalue weighted by Crippen LogP contribution is 2.43. The highest BCUT2D eigenvalue weighted by Gasteiger charge is 2.25. The summed E-state index contributed by atoms with van der Waals surface area (Å²) >= 11 is 0. The highest BCUT2D eigenvalue weighted by atomic mass is 31.2. The van der Waals surface area contributed by atoms with Crippen LogP contribution in [0.2, 0.25) is 0 Å². The first-order valence-corrected chi connectivity index (χ1v) is 25.9. The van der Waals surface area contributed by atoms with Gasteiger partial charge in [0.05, 0.1) is 19.8 Å². The number of hydrogen-bond acceptors (Lipinski definition) is 7. The van der Waals surface area contributed by atoms with E-state index in [-0.39, 0.29) is 32.3 Å². The van der Waals surface area contributed by atoms with E-state index in [0.717, 1.165) is 89.9 Å². The summed E-state index contributed by atoms with van der Waals surface area (Å²) in [6, 6.07) is 0. The summed E-state index contributed by atoms with van der Waals surface area (Å²) < 4.78 is 33.5. The van der Waals surface area contributed by atoms with E-state index < -0.39 is 13.9 Å². The van der Waals surface area contributed by atoms with Gasteiger partial charge >= 0.3 is 13.8 Å². The molecule has 0 radical (unpaired) electrons. The quantitative estimate of drug-likeness (QED) is 0.0269. The maximum Gasteiger partial charge on any atom is 0.472 e. The van der Waals surface area contributed by atoms with Crippen molar-refractivity contribution in [2.45, 2.75) is 187 Å². The van der Waals surface area contributed by atoms with E-state index in [9.17, 15) is 14.3 Å². The van der Waals surface area contributed by atoms with Crippen LogP contribution in [0.5, 0.6) is 0 Å². The summed E-state index contributed by atoms with van der Waals surface area (Å²) in [6.07, 6.45) is 66.9. The maximum atomic E-state index is 12.6. The fourth-order valence-electron chi connectivity index (χ4n) is 6.12. The molecule has 0 aromatic rings. The third kappa shape index (κ3) is 48.2. The van der Waals surface area contributed by atoms with Gasteiger partial charge in [0.15, 0.2) is 0 Å². The molecule has 0 saturated carbocycles. The lowest BCUT2D eigenvalue weighted by molar-refractivity contribution is -0.154. The van der Waals surface area contributed by atoms with Crippen LogP contribution in [-0.2, 0) is 27.9 Å². The smallest absolute Gasteiger partial charge is 0.457 e. The van der Waals surface area contributed by atoms with Crippen LogP contribution in [0.1, 0.15) is 181 Å². The summed E-state index contributed by atoms with van der Waals surface area (Å²) in [4.78, 5) is 22.6. The molecular weight excluding hydrogens is 794 g/mol. The van der Waals surface area contributed by atoms with Crippen molar-refractivity contribution in [3.8, 4) is 0 Å². The minimum atomic E-state index is -4.30. The number of hydrogen-bond donors (Lipinski definition) is 2. The topological polar surface area (TPSA) is 117 Å². The fraction of sp³-hybridized carbons (Fsp3) is 0.642. The molecule has 0 aliphatic rings. The average Bonchev–Trinajstić information content (AvgIpc) is 3.26. The number of nitrogens with two attached hydrogens (primary N) is 1. The van der Waals surface area contributed by atoms with E-state index in [1.807, 2.05) is 0 Å². The zero-order chi connectivity index (χ0) is 45.1. The molecule has 0 aromatic carbocycles. The Morgan fingerprint density at radius 1 is 0.500 bits per heavy atom. The van der Waals surface area contributed by atoms with E-state index in [1.165, 1.54) is 70.6 Å². The van der Waals surface area contributed by atoms with Crippen LogP contribution in [0.4, 0.5) is 0 Å². The number of rotatable bonds is 45. The zero-order valence-corrected chi connectivity index (χ0v) is 40.2. The molecule has 8 nitrogen and oxygen atoms in total. The largest absolute Gasteiger partial charge is 0.472 e. The molecule has 0 aromatic heterocycles.